The van der Waals surface area contributed by atoms with Crippen LogP contribution in [-0.4, -0.2) is 24.0 Å². The van der Waals surface area contributed by atoms with Crippen LogP contribution in [0.1, 0.15) is 10.4 Å². The minimum absolute atomic E-state index is 0.164. The number of H-pyrrole nitrogens is 1. The highest BCUT2D eigenvalue weighted by Crippen LogP contribution is 2.16. The molecule has 2 rings (SSSR count). The molecule has 1 aromatic carbocycles. The van der Waals surface area contributed by atoms with Crippen LogP contribution >= 0.6 is 0 Å². The smallest absolute Gasteiger partial charge is 0.251 e. The Morgan fingerprint density at radius 2 is 2.35 bits per heavy atom. The SMILES string of the molecule is [N-]=[N+]=NCCNC(=O)c1cccc2[nH]ccc12. The van der Waals surface area contributed by atoms with E-state index < -0.39 is 0 Å². The summed E-state index contributed by atoms with van der Waals surface area (Å²) >= 11 is 0. The number of hydrogen-bond acceptors (Lipinski definition) is 2. The van der Waals surface area contributed by atoms with Crippen molar-refractivity contribution in [2.45, 2.75) is 0 Å². The Kier molecular flexibility index (Phi) is 3.28. The third-order valence-electron chi connectivity index (χ3n) is 2.40. The van der Waals surface area contributed by atoms with Crippen LogP contribution in [0.25, 0.3) is 21.3 Å². The van der Waals surface area contributed by atoms with E-state index in [9.17, 15) is 4.79 Å². The maximum atomic E-state index is 11.9. The molecular weight excluding hydrogens is 218 g/mol. The van der Waals surface area contributed by atoms with Crippen molar-refractivity contribution >= 4 is 16.8 Å². The molecule has 6 heteroatoms. The lowest BCUT2D eigenvalue weighted by Gasteiger charge is -2.04. The van der Waals surface area contributed by atoms with Gasteiger partial charge in [-0.15, -0.1) is 0 Å². The standard InChI is InChI=1S/C11H11N5O/c12-16-15-7-6-14-11(17)9-2-1-3-10-8(9)4-5-13-10/h1-5,13H,6-7H2,(H,14,17). The van der Waals surface area contributed by atoms with Gasteiger partial charge >= 0.3 is 0 Å². The summed E-state index contributed by atoms with van der Waals surface area (Å²) in [6.45, 7) is 0.592. The summed E-state index contributed by atoms with van der Waals surface area (Å²) in [5, 5.41) is 6.93. The maximum Gasteiger partial charge on any atom is 0.251 e. The first-order chi connectivity index (χ1) is 8.33. The third kappa shape index (κ3) is 2.38. The van der Waals surface area contributed by atoms with Crippen molar-refractivity contribution in [1.29, 1.82) is 0 Å². The molecule has 1 heterocycles. The molecule has 6 nitrogen and oxygen atoms in total. The van der Waals surface area contributed by atoms with Gasteiger partial charge in [-0.2, -0.15) is 0 Å². The van der Waals surface area contributed by atoms with E-state index in [2.05, 4.69) is 20.3 Å². The van der Waals surface area contributed by atoms with Gasteiger partial charge in [0.25, 0.3) is 5.91 Å². The molecule has 2 N–H and O–H groups in total. The van der Waals surface area contributed by atoms with Crippen LogP contribution in [0.3, 0.4) is 0 Å². The third-order valence-corrected chi connectivity index (χ3v) is 2.40. The zero-order chi connectivity index (χ0) is 12.1. The molecule has 86 valence electrons. The molecule has 0 aliphatic heterocycles. The highest BCUT2D eigenvalue weighted by molar-refractivity contribution is 6.06. The molecule has 1 amide bonds. The summed E-state index contributed by atoms with van der Waals surface area (Å²) in [4.78, 5) is 17.5. The summed E-state index contributed by atoms with van der Waals surface area (Å²) in [5.74, 6) is -0.164. The first-order valence-corrected chi connectivity index (χ1v) is 5.18. The monoisotopic (exact) mass is 229 g/mol. The fraction of sp³-hybridized carbons (Fsp3) is 0.182. The highest BCUT2D eigenvalue weighted by atomic mass is 16.1. The number of nitrogens with zero attached hydrogens (tertiary/aromatic N) is 3. The van der Waals surface area contributed by atoms with Gasteiger partial charge in [0, 0.05) is 40.7 Å². The minimum Gasteiger partial charge on any atom is -0.361 e. The van der Waals surface area contributed by atoms with E-state index in [1.807, 2.05) is 18.2 Å². The van der Waals surface area contributed by atoms with Crippen molar-refractivity contribution < 1.29 is 4.79 Å². The molecule has 0 bridgehead atoms. The molecule has 1 aromatic heterocycles. The van der Waals surface area contributed by atoms with Gasteiger partial charge in [-0.25, -0.2) is 0 Å². The summed E-state index contributed by atoms with van der Waals surface area (Å²) in [6.07, 6.45) is 1.79. The lowest BCUT2D eigenvalue weighted by atomic mass is 10.1. The van der Waals surface area contributed by atoms with E-state index >= 15 is 0 Å². The van der Waals surface area contributed by atoms with Crippen LogP contribution in [0.15, 0.2) is 35.6 Å². The van der Waals surface area contributed by atoms with Crippen molar-refractivity contribution in [3.63, 3.8) is 0 Å². The number of benzene rings is 1. The van der Waals surface area contributed by atoms with Gasteiger partial charge in [0.2, 0.25) is 0 Å². The van der Waals surface area contributed by atoms with Gasteiger partial charge < -0.3 is 10.3 Å². The Morgan fingerprint density at radius 3 is 3.18 bits per heavy atom. The number of aromatic nitrogens is 1. The number of carbonyl (C=O) groups excluding carboxylic acids is 1. The van der Waals surface area contributed by atoms with Crippen LogP contribution in [0.4, 0.5) is 0 Å². The summed E-state index contributed by atoms with van der Waals surface area (Å²) in [7, 11) is 0. The van der Waals surface area contributed by atoms with E-state index in [4.69, 9.17) is 5.53 Å². The molecule has 0 spiro atoms. The van der Waals surface area contributed by atoms with Crippen LogP contribution in [0.5, 0.6) is 0 Å². The Bertz CT molecular complexity index is 582. The van der Waals surface area contributed by atoms with Crippen LogP contribution in [0, 0.1) is 0 Å². The van der Waals surface area contributed by atoms with Gasteiger partial charge in [0.1, 0.15) is 0 Å². The molecular formula is C11H11N5O. The Balaban J connectivity index is 2.13. The summed E-state index contributed by atoms with van der Waals surface area (Å²) in [5.41, 5.74) is 9.64. The number of azide groups is 1. The largest absolute Gasteiger partial charge is 0.361 e. The zero-order valence-electron chi connectivity index (χ0n) is 9.05. The van der Waals surface area contributed by atoms with Crippen molar-refractivity contribution in [2.75, 3.05) is 13.1 Å². The molecule has 0 radical (unpaired) electrons. The maximum absolute atomic E-state index is 11.9. The topological polar surface area (TPSA) is 93.7 Å². The second-order valence-electron chi connectivity index (χ2n) is 3.45. The number of nitrogens with one attached hydrogen (secondary N) is 2. The number of amides is 1. The molecule has 0 atom stereocenters. The van der Waals surface area contributed by atoms with Crippen molar-refractivity contribution in [2.24, 2.45) is 5.11 Å². The first-order valence-electron chi connectivity index (χ1n) is 5.18. The van der Waals surface area contributed by atoms with Gasteiger partial charge in [0.15, 0.2) is 0 Å². The van der Waals surface area contributed by atoms with Crippen molar-refractivity contribution in [1.82, 2.24) is 10.3 Å². The lowest BCUT2D eigenvalue weighted by molar-refractivity contribution is 0.0956. The van der Waals surface area contributed by atoms with Gasteiger partial charge in [-0.1, -0.05) is 11.2 Å². The Hall–Kier alpha value is -2.46. The van der Waals surface area contributed by atoms with E-state index in [1.54, 1.807) is 12.3 Å². The van der Waals surface area contributed by atoms with E-state index in [-0.39, 0.29) is 12.5 Å². The number of rotatable bonds is 4. The molecule has 0 aliphatic rings. The Labute approximate surface area is 97.3 Å². The number of fused-ring (bicyclic) bond motifs is 1. The fourth-order valence-electron chi connectivity index (χ4n) is 1.64. The summed E-state index contributed by atoms with van der Waals surface area (Å²) < 4.78 is 0. The fourth-order valence-corrected chi connectivity index (χ4v) is 1.64. The highest BCUT2D eigenvalue weighted by Gasteiger charge is 2.08. The average Bonchev–Trinajstić information content (AvgIpc) is 2.82. The van der Waals surface area contributed by atoms with Crippen LogP contribution in [-0.2, 0) is 0 Å². The van der Waals surface area contributed by atoms with Crippen molar-refractivity contribution in [3.05, 3.63) is 46.5 Å². The number of hydrogen-bond donors (Lipinski definition) is 2. The Morgan fingerprint density at radius 1 is 1.47 bits per heavy atom. The van der Waals surface area contributed by atoms with Gasteiger partial charge in [-0.3, -0.25) is 4.79 Å². The van der Waals surface area contributed by atoms with Crippen molar-refractivity contribution in [3.8, 4) is 0 Å². The molecule has 0 saturated heterocycles. The quantitative estimate of drug-likeness (QED) is 0.357. The van der Waals surface area contributed by atoms with E-state index in [1.165, 1.54) is 0 Å². The van der Waals surface area contributed by atoms with E-state index in [0.29, 0.717) is 12.1 Å². The first kappa shape index (κ1) is 11.0. The average molecular weight is 229 g/mol. The zero-order valence-corrected chi connectivity index (χ0v) is 9.05. The van der Waals surface area contributed by atoms with Gasteiger partial charge in [0.05, 0.1) is 0 Å². The predicted octanol–water partition coefficient (Wildman–Crippen LogP) is 2.21. The normalized spacial score (nSPS) is 9.88. The second kappa shape index (κ2) is 5.05. The molecule has 17 heavy (non-hydrogen) atoms. The minimum atomic E-state index is -0.164. The molecule has 0 unspecified atom stereocenters. The predicted molar refractivity (Wildman–Crippen MR) is 64.6 cm³/mol. The van der Waals surface area contributed by atoms with E-state index in [0.717, 1.165) is 10.9 Å². The molecule has 0 fully saturated rings. The van der Waals surface area contributed by atoms with Crippen LogP contribution in [0.2, 0.25) is 0 Å². The molecule has 2 aromatic rings. The number of aromatic amines is 1. The number of carbonyl (C=O) groups is 1. The molecule has 0 saturated carbocycles. The van der Waals surface area contributed by atoms with Gasteiger partial charge in [-0.05, 0) is 23.7 Å². The summed E-state index contributed by atoms with van der Waals surface area (Å²) in [6, 6.07) is 7.35. The molecule has 0 aliphatic carbocycles. The second-order valence-corrected chi connectivity index (χ2v) is 3.45. The lowest BCUT2D eigenvalue weighted by Crippen LogP contribution is -2.25. The van der Waals surface area contributed by atoms with Crippen LogP contribution < -0.4 is 5.32 Å².